The van der Waals surface area contributed by atoms with Gasteiger partial charge in [-0.25, -0.2) is 9.59 Å². The summed E-state index contributed by atoms with van der Waals surface area (Å²) in [5, 5.41) is 11.8. The highest BCUT2D eigenvalue weighted by molar-refractivity contribution is 7.98. The highest BCUT2D eigenvalue weighted by atomic mass is 32.2. The number of nitrogens with zero attached hydrogens (tertiary/aromatic N) is 1. The third-order valence-electron chi connectivity index (χ3n) is 2.73. The first-order valence-electron chi connectivity index (χ1n) is 5.96. The van der Waals surface area contributed by atoms with E-state index < -0.39 is 23.6 Å². The number of rotatable bonds is 5. The van der Waals surface area contributed by atoms with Crippen LogP contribution >= 0.6 is 11.8 Å². The molecule has 1 heterocycles. The molecule has 110 valence electrons. The molecule has 1 rings (SSSR count). The Balaban J connectivity index is 3.15. The van der Waals surface area contributed by atoms with E-state index in [0.29, 0.717) is 5.69 Å². The SMILES string of the molecule is CSc1nc(=O)[nH]c(C)c1C(=O)N[C@H](C(=O)O)C(C)C. The number of aromatic nitrogens is 2. The number of amides is 1. The van der Waals surface area contributed by atoms with Gasteiger partial charge < -0.3 is 15.4 Å². The van der Waals surface area contributed by atoms with Crippen LogP contribution in [0.2, 0.25) is 0 Å². The molecular weight excluding hydrogens is 282 g/mol. The quantitative estimate of drug-likeness (QED) is 0.543. The van der Waals surface area contributed by atoms with Crippen molar-refractivity contribution < 1.29 is 14.7 Å². The van der Waals surface area contributed by atoms with E-state index in [4.69, 9.17) is 5.11 Å². The van der Waals surface area contributed by atoms with Crippen LogP contribution in [-0.4, -0.2) is 39.2 Å². The summed E-state index contributed by atoms with van der Waals surface area (Å²) in [5.41, 5.74) is 0.0192. The Bertz CT molecular complexity index is 583. The summed E-state index contributed by atoms with van der Waals surface area (Å²) in [6.45, 7) is 4.97. The number of carboxylic acid groups (broad SMARTS) is 1. The molecule has 1 aromatic rings. The van der Waals surface area contributed by atoms with Crippen molar-refractivity contribution in [3.63, 3.8) is 0 Å². The molecule has 1 aromatic heterocycles. The van der Waals surface area contributed by atoms with Gasteiger partial charge >= 0.3 is 11.7 Å². The van der Waals surface area contributed by atoms with Crippen LogP contribution in [0.25, 0.3) is 0 Å². The second kappa shape index (κ2) is 6.56. The van der Waals surface area contributed by atoms with Gasteiger partial charge in [0.15, 0.2) is 0 Å². The number of aryl methyl sites for hydroxylation is 1. The number of H-pyrrole nitrogens is 1. The summed E-state index contributed by atoms with van der Waals surface area (Å²) >= 11 is 1.16. The van der Waals surface area contributed by atoms with Gasteiger partial charge in [0.1, 0.15) is 11.1 Å². The van der Waals surface area contributed by atoms with Gasteiger partial charge in [0.05, 0.1) is 5.56 Å². The maximum Gasteiger partial charge on any atom is 0.346 e. The Kier molecular flexibility index (Phi) is 5.32. The molecule has 1 atom stereocenters. The van der Waals surface area contributed by atoms with Crippen LogP contribution in [0.4, 0.5) is 0 Å². The molecule has 8 heteroatoms. The second-order valence-electron chi connectivity index (χ2n) is 4.58. The van der Waals surface area contributed by atoms with E-state index >= 15 is 0 Å². The van der Waals surface area contributed by atoms with E-state index in [1.165, 1.54) is 0 Å². The lowest BCUT2D eigenvalue weighted by atomic mass is 10.0. The van der Waals surface area contributed by atoms with Crippen molar-refractivity contribution in [3.8, 4) is 0 Å². The first-order valence-corrected chi connectivity index (χ1v) is 7.19. The zero-order valence-corrected chi connectivity index (χ0v) is 12.5. The average molecular weight is 299 g/mol. The number of hydrogen-bond acceptors (Lipinski definition) is 5. The summed E-state index contributed by atoms with van der Waals surface area (Å²) in [7, 11) is 0. The maximum atomic E-state index is 12.2. The topological polar surface area (TPSA) is 112 Å². The number of thioether (sulfide) groups is 1. The van der Waals surface area contributed by atoms with E-state index in [-0.39, 0.29) is 16.5 Å². The molecule has 0 aliphatic rings. The molecule has 3 N–H and O–H groups in total. The van der Waals surface area contributed by atoms with Crippen molar-refractivity contribution in [1.82, 2.24) is 15.3 Å². The summed E-state index contributed by atoms with van der Waals surface area (Å²) < 4.78 is 0. The lowest BCUT2D eigenvalue weighted by molar-refractivity contribution is -0.140. The van der Waals surface area contributed by atoms with Crippen LogP contribution in [0.1, 0.15) is 29.9 Å². The van der Waals surface area contributed by atoms with Crippen molar-refractivity contribution in [2.24, 2.45) is 5.92 Å². The van der Waals surface area contributed by atoms with Gasteiger partial charge in [-0.1, -0.05) is 13.8 Å². The van der Waals surface area contributed by atoms with E-state index in [9.17, 15) is 14.4 Å². The Labute approximate surface area is 120 Å². The van der Waals surface area contributed by atoms with Crippen LogP contribution in [0, 0.1) is 12.8 Å². The summed E-state index contributed by atoms with van der Waals surface area (Å²) in [4.78, 5) is 40.8. The molecule has 0 saturated carbocycles. The molecule has 7 nitrogen and oxygen atoms in total. The Morgan fingerprint density at radius 2 is 2.00 bits per heavy atom. The van der Waals surface area contributed by atoms with Gasteiger partial charge in [0, 0.05) is 5.69 Å². The van der Waals surface area contributed by atoms with Crippen molar-refractivity contribution in [3.05, 3.63) is 21.7 Å². The minimum Gasteiger partial charge on any atom is -0.480 e. The van der Waals surface area contributed by atoms with Gasteiger partial charge in [-0.05, 0) is 19.1 Å². The fraction of sp³-hybridized carbons (Fsp3) is 0.500. The van der Waals surface area contributed by atoms with Crippen molar-refractivity contribution in [2.45, 2.75) is 31.8 Å². The minimum absolute atomic E-state index is 0.198. The van der Waals surface area contributed by atoms with Crippen molar-refractivity contribution in [1.29, 1.82) is 0 Å². The number of nitrogens with one attached hydrogen (secondary N) is 2. The standard InChI is InChI=1S/C12H17N3O4S/c1-5(2)8(11(17)18)14-9(16)7-6(3)13-12(19)15-10(7)20-4/h5,8H,1-4H3,(H,14,16)(H,17,18)(H,13,15,19)/t8-/m0/s1. The minimum atomic E-state index is -1.10. The smallest absolute Gasteiger partial charge is 0.346 e. The van der Waals surface area contributed by atoms with Gasteiger partial charge in [-0.15, -0.1) is 11.8 Å². The van der Waals surface area contributed by atoms with E-state index in [2.05, 4.69) is 15.3 Å². The Morgan fingerprint density at radius 3 is 2.45 bits per heavy atom. The summed E-state index contributed by atoms with van der Waals surface area (Å²) in [6, 6.07) is -0.997. The zero-order valence-electron chi connectivity index (χ0n) is 11.7. The van der Waals surface area contributed by atoms with Crippen LogP contribution in [-0.2, 0) is 4.79 Å². The molecule has 0 aromatic carbocycles. The van der Waals surface area contributed by atoms with Crippen LogP contribution in [0.3, 0.4) is 0 Å². The summed E-state index contributed by atoms with van der Waals surface area (Å²) in [6.07, 6.45) is 1.69. The number of carbonyl (C=O) groups is 2. The number of carboxylic acids is 1. The zero-order chi connectivity index (χ0) is 15.4. The van der Waals surface area contributed by atoms with Gasteiger partial charge in [0.2, 0.25) is 0 Å². The van der Waals surface area contributed by atoms with Gasteiger partial charge in [-0.3, -0.25) is 4.79 Å². The molecule has 0 saturated heterocycles. The van der Waals surface area contributed by atoms with E-state index in [0.717, 1.165) is 11.8 Å². The van der Waals surface area contributed by atoms with Crippen LogP contribution < -0.4 is 11.0 Å². The predicted molar refractivity (Wildman–Crippen MR) is 75.1 cm³/mol. The predicted octanol–water partition coefficient (Wildman–Crippen LogP) is 0.639. The fourth-order valence-electron chi connectivity index (χ4n) is 1.70. The molecule has 0 spiro atoms. The molecule has 1 amide bonds. The Hall–Kier alpha value is -1.83. The first-order chi connectivity index (χ1) is 9.27. The largest absolute Gasteiger partial charge is 0.480 e. The number of aromatic amines is 1. The molecule has 0 radical (unpaired) electrons. The lowest BCUT2D eigenvalue weighted by Crippen LogP contribution is -2.45. The molecule has 0 aliphatic carbocycles. The highest BCUT2D eigenvalue weighted by Crippen LogP contribution is 2.18. The number of hydrogen-bond donors (Lipinski definition) is 3. The monoisotopic (exact) mass is 299 g/mol. The number of carbonyl (C=O) groups excluding carboxylic acids is 1. The molecular formula is C12H17N3O4S. The van der Waals surface area contributed by atoms with E-state index in [1.54, 1.807) is 27.0 Å². The maximum absolute atomic E-state index is 12.2. The van der Waals surface area contributed by atoms with Crippen molar-refractivity contribution in [2.75, 3.05) is 6.26 Å². The molecule has 0 bridgehead atoms. The third-order valence-corrected chi connectivity index (χ3v) is 3.41. The Morgan fingerprint density at radius 1 is 1.40 bits per heavy atom. The number of aliphatic carboxylic acids is 1. The molecule has 0 fully saturated rings. The molecule has 20 heavy (non-hydrogen) atoms. The van der Waals surface area contributed by atoms with Crippen LogP contribution in [0.15, 0.2) is 9.82 Å². The summed E-state index contributed by atoms with van der Waals surface area (Å²) in [5.74, 6) is -1.92. The van der Waals surface area contributed by atoms with Crippen LogP contribution in [0.5, 0.6) is 0 Å². The van der Waals surface area contributed by atoms with Crippen molar-refractivity contribution >= 4 is 23.6 Å². The lowest BCUT2D eigenvalue weighted by Gasteiger charge is -2.19. The van der Waals surface area contributed by atoms with E-state index in [1.807, 2.05) is 0 Å². The van der Waals surface area contributed by atoms with Gasteiger partial charge in [0.25, 0.3) is 5.91 Å². The molecule has 0 aliphatic heterocycles. The van der Waals surface area contributed by atoms with Gasteiger partial charge in [-0.2, -0.15) is 4.98 Å². The normalized spacial score (nSPS) is 12.2. The third kappa shape index (κ3) is 3.60. The first kappa shape index (κ1) is 16.2. The average Bonchev–Trinajstić information content (AvgIpc) is 2.33. The fourth-order valence-corrected chi connectivity index (χ4v) is 2.33. The highest BCUT2D eigenvalue weighted by Gasteiger charge is 2.26. The molecule has 0 unspecified atom stereocenters. The second-order valence-corrected chi connectivity index (χ2v) is 5.38.